The van der Waals surface area contributed by atoms with Gasteiger partial charge in [0.1, 0.15) is 12.1 Å². The Morgan fingerprint density at radius 1 is 1.35 bits per heavy atom. The summed E-state index contributed by atoms with van der Waals surface area (Å²) in [5.74, 6) is -0.371. The van der Waals surface area contributed by atoms with Crippen molar-refractivity contribution >= 4 is 24.2 Å². The molecule has 6 nitrogen and oxygen atoms in total. The van der Waals surface area contributed by atoms with Crippen LogP contribution in [0, 0.1) is 0 Å². The van der Waals surface area contributed by atoms with Crippen LogP contribution in [0.15, 0.2) is 30.3 Å². The Hall–Kier alpha value is -1.63. The van der Waals surface area contributed by atoms with E-state index in [4.69, 9.17) is 4.74 Å². The number of hydrogen-bond acceptors (Lipinski definition) is 4. The van der Waals surface area contributed by atoms with E-state index in [0.29, 0.717) is 19.6 Å². The summed E-state index contributed by atoms with van der Waals surface area (Å²) in [4.78, 5) is 26.1. The van der Waals surface area contributed by atoms with Crippen molar-refractivity contribution < 1.29 is 14.3 Å². The highest BCUT2D eigenvalue weighted by atomic mass is 35.5. The van der Waals surface area contributed by atoms with E-state index in [-0.39, 0.29) is 24.2 Å². The molecule has 0 aromatic heterocycles. The number of likely N-dealkylation sites (N-methyl/N-ethyl adjacent to an activating group) is 1. The summed E-state index contributed by atoms with van der Waals surface area (Å²) in [6, 6.07) is 9.06. The first-order chi connectivity index (χ1) is 10.6. The Morgan fingerprint density at radius 2 is 2.04 bits per heavy atom. The monoisotopic (exact) mass is 341 g/mol. The molecular formula is C16H24ClN3O3. The van der Waals surface area contributed by atoms with Crippen molar-refractivity contribution in [2.24, 2.45) is 0 Å². The smallest absolute Gasteiger partial charge is 0.251 e. The van der Waals surface area contributed by atoms with Gasteiger partial charge in [0.2, 0.25) is 5.91 Å². The second kappa shape index (κ2) is 9.50. The fourth-order valence-electron chi connectivity index (χ4n) is 2.36. The summed E-state index contributed by atoms with van der Waals surface area (Å²) in [5.41, 5.74) is 1.01. The van der Waals surface area contributed by atoms with Gasteiger partial charge in [-0.15, -0.1) is 12.4 Å². The van der Waals surface area contributed by atoms with Crippen LogP contribution in [0.5, 0.6) is 0 Å². The molecule has 1 aromatic rings. The molecule has 1 heterocycles. The average Bonchev–Trinajstić information content (AvgIpc) is 2.55. The van der Waals surface area contributed by atoms with Gasteiger partial charge < -0.3 is 20.3 Å². The maximum Gasteiger partial charge on any atom is 0.251 e. The summed E-state index contributed by atoms with van der Waals surface area (Å²) >= 11 is 0. The maximum absolute atomic E-state index is 12.3. The zero-order chi connectivity index (χ0) is 15.9. The highest BCUT2D eigenvalue weighted by Gasteiger charge is 2.28. The fraction of sp³-hybridized carbons (Fsp3) is 0.500. The van der Waals surface area contributed by atoms with E-state index < -0.39 is 12.1 Å². The van der Waals surface area contributed by atoms with Crippen molar-refractivity contribution in [2.75, 3.05) is 33.8 Å². The van der Waals surface area contributed by atoms with Crippen LogP contribution in [0.4, 0.5) is 0 Å². The zero-order valence-corrected chi connectivity index (χ0v) is 14.3. The third-order valence-electron chi connectivity index (χ3n) is 3.56. The highest BCUT2D eigenvalue weighted by molar-refractivity contribution is 5.89. The van der Waals surface area contributed by atoms with Crippen molar-refractivity contribution in [2.45, 2.75) is 18.6 Å². The van der Waals surface area contributed by atoms with Crippen LogP contribution >= 0.6 is 12.4 Å². The van der Waals surface area contributed by atoms with Gasteiger partial charge in [-0.3, -0.25) is 9.59 Å². The van der Waals surface area contributed by atoms with Crippen molar-refractivity contribution in [3.63, 3.8) is 0 Å². The second-order valence-corrected chi connectivity index (χ2v) is 5.55. The van der Waals surface area contributed by atoms with Crippen LogP contribution < -0.4 is 10.6 Å². The number of hydrogen-bond donors (Lipinski definition) is 2. The van der Waals surface area contributed by atoms with E-state index in [2.05, 4.69) is 10.6 Å². The molecule has 2 amide bonds. The van der Waals surface area contributed by atoms with Gasteiger partial charge in [-0.1, -0.05) is 30.3 Å². The first-order valence-electron chi connectivity index (χ1n) is 7.45. The molecule has 1 aromatic carbocycles. The number of halogens is 1. The first-order valence-corrected chi connectivity index (χ1v) is 7.45. The van der Waals surface area contributed by atoms with E-state index in [9.17, 15) is 9.59 Å². The molecule has 0 bridgehead atoms. The van der Waals surface area contributed by atoms with E-state index in [1.54, 1.807) is 14.1 Å². The lowest BCUT2D eigenvalue weighted by molar-refractivity contribution is -0.140. The number of nitrogens with zero attached hydrogens (tertiary/aromatic N) is 1. The van der Waals surface area contributed by atoms with Crippen LogP contribution in [-0.2, 0) is 20.7 Å². The Balaban J connectivity index is 0.00000264. The minimum atomic E-state index is -0.588. The third kappa shape index (κ3) is 5.82. The lowest BCUT2D eigenvalue weighted by atomic mass is 10.0. The SMILES string of the molecule is CN(C)C(=O)C(Cc1ccccc1)NC(=O)C1CNCCO1.Cl. The molecule has 2 atom stereocenters. The largest absolute Gasteiger partial charge is 0.366 e. The molecule has 0 radical (unpaired) electrons. The molecule has 1 fully saturated rings. The maximum atomic E-state index is 12.3. The van der Waals surface area contributed by atoms with Gasteiger partial charge in [0.05, 0.1) is 6.61 Å². The lowest BCUT2D eigenvalue weighted by Gasteiger charge is -2.27. The molecule has 2 unspecified atom stereocenters. The third-order valence-corrected chi connectivity index (χ3v) is 3.56. The molecular weight excluding hydrogens is 318 g/mol. The topological polar surface area (TPSA) is 70.7 Å². The minimum Gasteiger partial charge on any atom is -0.366 e. The van der Waals surface area contributed by atoms with Gasteiger partial charge in [0.25, 0.3) is 5.91 Å². The summed E-state index contributed by atoms with van der Waals surface area (Å²) in [5, 5.41) is 5.93. The van der Waals surface area contributed by atoms with E-state index >= 15 is 0 Å². The van der Waals surface area contributed by atoms with Gasteiger partial charge in [0, 0.05) is 33.6 Å². The molecule has 0 spiro atoms. The molecule has 1 saturated heterocycles. The Labute approximate surface area is 143 Å². The summed E-state index contributed by atoms with van der Waals surface area (Å²) < 4.78 is 5.43. The first kappa shape index (κ1) is 19.4. The van der Waals surface area contributed by atoms with Crippen LogP contribution in [0.25, 0.3) is 0 Å². The number of rotatable bonds is 5. The summed E-state index contributed by atoms with van der Waals surface area (Å²) in [6.45, 7) is 1.72. The van der Waals surface area contributed by atoms with E-state index in [1.807, 2.05) is 30.3 Å². The normalized spacial score (nSPS) is 18.4. The Morgan fingerprint density at radius 3 is 2.61 bits per heavy atom. The van der Waals surface area contributed by atoms with Crippen LogP contribution in [-0.4, -0.2) is 62.7 Å². The quantitative estimate of drug-likeness (QED) is 0.803. The predicted molar refractivity (Wildman–Crippen MR) is 90.6 cm³/mol. The van der Waals surface area contributed by atoms with Crippen molar-refractivity contribution in [1.29, 1.82) is 0 Å². The molecule has 7 heteroatoms. The van der Waals surface area contributed by atoms with Gasteiger partial charge in [-0.25, -0.2) is 0 Å². The minimum absolute atomic E-state index is 0. The fourth-order valence-corrected chi connectivity index (χ4v) is 2.36. The molecule has 0 aliphatic carbocycles. The zero-order valence-electron chi connectivity index (χ0n) is 13.5. The Bertz CT molecular complexity index is 505. The summed E-state index contributed by atoms with van der Waals surface area (Å²) in [6.07, 6.45) is -0.0778. The molecule has 1 aliphatic rings. The second-order valence-electron chi connectivity index (χ2n) is 5.55. The molecule has 23 heavy (non-hydrogen) atoms. The average molecular weight is 342 g/mol. The Kier molecular flexibility index (Phi) is 8.02. The number of ether oxygens (including phenoxy) is 1. The molecule has 2 N–H and O–H groups in total. The molecule has 0 saturated carbocycles. The lowest BCUT2D eigenvalue weighted by Crippen LogP contribution is -2.54. The molecule has 1 aliphatic heterocycles. The standard InChI is InChI=1S/C16H23N3O3.ClH/c1-19(2)16(21)13(10-12-6-4-3-5-7-12)18-15(20)14-11-17-8-9-22-14;/h3-7,13-14,17H,8-11H2,1-2H3,(H,18,20);1H. The predicted octanol–water partition coefficient (Wildman–Crippen LogP) is 0.212. The van der Waals surface area contributed by atoms with Crippen molar-refractivity contribution in [3.05, 3.63) is 35.9 Å². The van der Waals surface area contributed by atoms with Gasteiger partial charge in [-0.05, 0) is 5.56 Å². The van der Waals surface area contributed by atoms with Gasteiger partial charge >= 0.3 is 0 Å². The number of carbonyl (C=O) groups excluding carboxylic acids is 2. The van der Waals surface area contributed by atoms with Crippen LogP contribution in [0.2, 0.25) is 0 Å². The molecule has 2 rings (SSSR count). The van der Waals surface area contributed by atoms with Crippen LogP contribution in [0.1, 0.15) is 5.56 Å². The number of morpholine rings is 1. The molecule has 128 valence electrons. The van der Waals surface area contributed by atoms with Gasteiger partial charge in [-0.2, -0.15) is 0 Å². The number of carbonyl (C=O) groups is 2. The van der Waals surface area contributed by atoms with E-state index in [0.717, 1.165) is 12.1 Å². The summed E-state index contributed by atoms with van der Waals surface area (Å²) in [7, 11) is 3.37. The van der Waals surface area contributed by atoms with Crippen molar-refractivity contribution in [1.82, 2.24) is 15.5 Å². The number of nitrogens with one attached hydrogen (secondary N) is 2. The highest BCUT2D eigenvalue weighted by Crippen LogP contribution is 2.06. The van der Waals surface area contributed by atoms with Gasteiger partial charge in [0.15, 0.2) is 0 Å². The number of amides is 2. The van der Waals surface area contributed by atoms with E-state index in [1.165, 1.54) is 4.90 Å². The van der Waals surface area contributed by atoms with Crippen LogP contribution in [0.3, 0.4) is 0 Å². The van der Waals surface area contributed by atoms with Crippen molar-refractivity contribution in [3.8, 4) is 0 Å². The number of benzene rings is 1.